The number of rotatable bonds is 6. The number of hydrogen-bond acceptors (Lipinski definition) is 8. The normalized spacial score (nSPS) is 14.6. The van der Waals surface area contributed by atoms with E-state index < -0.39 is 5.97 Å². The minimum Gasteiger partial charge on any atom is -0.461 e. The molecule has 4 rings (SSSR count). The van der Waals surface area contributed by atoms with E-state index in [0.717, 1.165) is 24.2 Å². The molecule has 0 radical (unpaired) electrons. The Balaban J connectivity index is 1.50. The average molecular weight is 368 g/mol. The number of aromatic nitrogens is 5. The summed E-state index contributed by atoms with van der Waals surface area (Å²) in [4.78, 5) is 18.7. The second-order valence-electron chi connectivity index (χ2n) is 6.31. The van der Waals surface area contributed by atoms with Crippen LogP contribution in [-0.4, -0.2) is 56.1 Å². The second kappa shape index (κ2) is 7.67. The van der Waals surface area contributed by atoms with Crippen LogP contribution in [0.2, 0.25) is 0 Å². The van der Waals surface area contributed by atoms with Crippen molar-refractivity contribution in [1.29, 1.82) is 0 Å². The van der Waals surface area contributed by atoms with Gasteiger partial charge in [-0.15, -0.1) is 5.10 Å². The van der Waals surface area contributed by atoms with Crippen molar-refractivity contribution in [1.82, 2.24) is 30.5 Å². The number of aromatic amines is 1. The van der Waals surface area contributed by atoms with Gasteiger partial charge in [0.1, 0.15) is 5.69 Å². The Hall–Kier alpha value is -3.07. The zero-order chi connectivity index (χ0) is 18.6. The minimum absolute atomic E-state index is 0.164. The molecule has 0 unspecified atom stereocenters. The third-order valence-electron chi connectivity index (χ3n) is 4.46. The fourth-order valence-electron chi connectivity index (χ4n) is 3.12. The summed E-state index contributed by atoms with van der Waals surface area (Å²) in [5, 5.41) is 14.5. The van der Waals surface area contributed by atoms with Crippen LogP contribution >= 0.6 is 0 Å². The summed E-state index contributed by atoms with van der Waals surface area (Å²) in [6.45, 7) is 4.86. The quantitative estimate of drug-likeness (QED) is 0.660. The van der Waals surface area contributed by atoms with Crippen LogP contribution in [0.3, 0.4) is 0 Å². The molecule has 1 N–H and O–H groups in total. The van der Waals surface area contributed by atoms with E-state index in [4.69, 9.17) is 9.26 Å². The van der Waals surface area contributed by atoms with Crippen molar-refractivity contribution >= 4 is 5.97 Å². The van der Waals surface area contributed by atoms with Gasteiger partial charge in [0.05, 0.1) is 13.2 Å². The Bertz CT molecular complexity index is 911. The van der Waals surface area contributed by atoms with Gasteiger partial charge in [-0.1, -0.05) is 29.4 Å². The molecule has 1 saturated heterocycles. The van der Waals surface area contributed by atoms with E-state index >= 15 is 0 Å². The molecular formula is C18H20N6O3. The lowest BCUT2D eigenvalue weighted by Gasteiger charge is -2.09. The number of nitrogens with one attached hydrogen (secondary N) is 1. The van der Waals surface area contributed by atoms with E-state index in [1.165, 1.54) is 12.8 Å². The first-order chi connectivity index (χ1) is 13.2. The Kier molecular flexibility index (Phi) is 4.93. The van der Waals surface area contributed by atoms with Gasteiger partial charge in [-0.05, 0) is 32.9 Å². The third kappa shape index (κ3) is 3.72. The van der Waals surface area contributed by atoms with E-state index in [2.05, 4.69) is 30.5 Å². The Morgan fingerprint density at radius 2 is 1.93 bits per heavy atom. The number of H-pyrrole nitrogens is 1. The van der Waals surface area contributed by atoms with Crippen LogP contribution in [0.15, 0.2) is 28.8 Å². The van der Waals surface area contributed by atoms with Crippen molar-refractivity contribution in [2.45, 2.75) is 26.3 Å². The van der Waals surface area contributed by atoms with Gasteiger partial charge in [-0.2, -0.15) is 15.3 Å². The molecule has 0 amide bonds. The van der Waals surface area contributed by atoms with Crippen molar-refractivity contribution < 1.29 is 14.1 Å². The topological polar surface area (TPSA) is 110 Å². The zero-order valence-corrected chi connectivity index (χ0v) is 15.0. The fourth-order valence-corrected chi connectivity index (χ4v) is 3.12. The molecule has 0 aliphatic carbocycles. The summed E-state index contributed by atoms with van der Waals surface area (Å²) in [6.07, 6.45) is 2.44. The highest BCUT2D eigenvalue weighted by atomic mass is 16.5. The Morgan fingerprint density at radius 3 is 2.67 bits per heavy atom. The van der Waals surface area contributed by atoms with E-state index in [0.29, 0.717) is 24.0 Å². The van der Waals surface area contributed by atoms with Crippen molar-refractivity contribution in [3.63, 3.8) is 0 Å². The molecule has 2 aromatic heterocycles. The molecule has 3 heterocycles. The second-order valence-corrected chi connectivity index (χ2v) is 6.31. The fraction of sp³-hybridized carbons (Fsp3) is 0.389. The van der Waals surface area contributed by atoms with Crippen molar-refractivity contribution in [3.05, 3.63) is 35.9 Å². The molecule has 1 aliphatic rings. The number of likely N-dealkylation sites (tertiary alicyclic amines) is 1. The van der Waals surface area contributed by atoms with Gasteiger partial charge in [-0.3, -0.25) is 4.90 Å². The molecule has 1 aliphatic heterocycles. The molecule has 0 spiro atoms. The van der Waals surface area contributed by atoms with Crippen LogP contribution in [0.4, 0.5) is 0 Å². The van der Waals surface area contributed by atoms with Crippen molar-refractivity contribution in [2.75, 3.05) is 19.7 Å². The summed E-state index contributed by atoms with van der Waals surface area (Å²) >= 11 is 0. The monoisotopic (exact) mass is 368 g/mol. The average Bonchev–Trinajstić information content (AvgIpc) is 3.44. The standard InChI is InChI=1S/C18H20N6O3/c1-2-26-18(25)16-15(20-23-21-16)12-5-7-13(8-6-12)17-19-14(27-22-17)11-24-9-3-4-10-24/h5-8H,2-4,9-11H2,1H3,(H,20,21,23). The maximum atomic E-state index is 12.0. The van der Waals surface area contributed by atoms with E-state index in [1.807, 2.05) is 24.3 Å². The van der Waals surface area contributed by atoms with E-state index in [1.54, 1.807) is 6.92 Å². The van der Waals surface area contributed by atoms with Crippen LogP contribution in [-0.2, 0) is 11.3 Å². The molecule has 0 bridgehead atoms. The lowest BCUT2D eigenvalue weighted by atomic mass is 10.1. The Morgan fingerprint density at radius 1 is 1.19 bits per heavy atom. The number of carbonyl (C=O) groups excluding carboxylic acids is 1. The van der Waals surface area contributed by atoms with Crippen molar-refractivity contribution in [2.24, 2.45) is 0 Å². The van der Waals surface area contributed by atoms with Crippen LogP contribution in [0.25, 0.3) is 22.6 Å². The van der Waals surface area contributed by atoms with E-state index in [-0.39, 0.29) is 12.3 Å². The van der Waals surface area contributed by atoms with E-state index in [9.17, 15) is 4.79 Å². The van der Waals surface area contributed by atoms with Gasteiger partial charge in [-0.25, -0.2) is 4.79 Å². The molecule has 0 saturated carbocycles. The zero-order valence-electron chi connectivity index (χ0n) is 15.0. The number of carbonyl (C=O) groups is 1. The first kappa shape index (κ1) is 17.3. The van der Waals surface area contributed by atoms with Gasteiger partial charge in [0.15, 0.2) is 5.69 Å². The summed E-state index contributed by atoms with van der Waals surface area (Å²) in [7, 11) is 0. The minimum atomic E-state index is -0.505. The number of benzene rings is 1. The number of esters is 1. The SMILES string of the molecule is CCOC(=O)c1n[nH]nc1-c1ccc(-c2noc(CN3CCCC3)n2)cc1. The summed E-state index contributed by atoms with van der Waals surface area (Å²) in [6, 6.07) is 7.41. The molecule has 9 heteroatoms. The number of hydrogen-bond donors (Lipinski definition) is 1. The highest BCUT2D eigenvalue weighted by molar-refractivity contribution is 5.94. The van der Waals surface area contributed by atoms with Gasteiger partial charge < -0.3 is 9.26 Å². The molecule has 27 heavy (non-hydrogen) atoms. The number of ether oxygens (including phenoxy) is 1. The molecule has 9 nitrogen and oxygen atoms in total. The first-order valence-electron chi connectivity index (χ1n) is 8.98. The van der Waals surface area contributed by atoms with Crippen LogP contribution in [0.5, 0.6) is 0 Å². The predicted octanol–water partition coefficient (Wildman–Crippen LogP) is 2.29. The lowest BCUT2D eigenvalue weighted by molar-refractivity contribution is 0.0520. The molecule has 3 aromatic rings. The largest absolute Gasteiger partial charge is 0.461 e. The molecule has 1 fully saturated rings. The maximum absolute atomic E-state index is 12.0. The molecule has 1 aromatic carbocycles. The van der Waals surface area contributed by atoms with Crippen LogP contribution in [0.1, 0.15) is 36.1 Å². The van der Waals surface area contributed by atoms with Crippen LogP contribution < -0.4 is 0 Å². The smallest absolute Gasteiger partial charge is 0.361 e. The maximum Gasteiger partial charge on any atom is 0.361 e. The van der Waals surface area contributed by atoms with Gasteiger partial charge in [0.2, 0.25) is 11.7 Å². The van der Waals surface area contributed by atoms with Gasteiger partial charge in [0, 0.05) is 11.1 Å². The Labute approximate surface area is 155 Å². The van der Waals surface area contributed by atoms with Crippen molar-refractivity contribution in [3.8, 4) is 22.6 Å². The highest BCUT2D eigenvalue weighted by Gasteiger charge is 2.20. The van der Waals surface area contributed by atoms with Gasteiger partial charge >= 0.3 is 5.97 Å². The van der Waals surface area contributed by atoms with Gasteiger partial charge in [0.25, 0.3) is 0 Å². The summed E-state index contributed by atoms with van der Waals surface area (Å²) in [5.41, 5.74) is 2.19. The predicted molar refractivity (Wildman–Crippen MR) is 95.6 cm³/mol. The third-order valence-corrected chi connectivity index (χ3v) is 4.46. The molecular weight excluding hydrogens is 348 g/mol. The summed E-state index contributed by atoms with van der Waals surface area (Å²) < 4.78 is 10.4. The first-order valence-corrected chi connectivity index (χ1v) is 8.98. The molecule has 140 valence electrons. The van der Waals surface area contributed by atoms with Crippen LogP contribution in [0, 0.1) is 0 Å². The molecule has 0 atom stereocenters. The highest BCUT2D eigenvalue weighted by Crippen LogP contribution is 2.24. The summed E-state index contributed by atoms with van der Waals surface area (Å²) in [5.74, 6) is 0.661. The number of nitrogens with zero attached hydrogens (tertiary/aromatic N) is 5. The lowest BCUT2D eigenvalue weighted by Crippen LogP contribution is -2.18.